The minimum atomic E-state index is -2.64. The highest BCUT2D eigenvalue weighted by Crippen LogP contribution is 2.61. The van der Waals surface area contributed by atoms with Crippen LogP contribution in [0.3, 0.4) is 0 Å². The van der Waals surface area contributed by atoms with Gasteiger partial charge in [-0.15, -0.1) is 6.58 Å². The fraction of sp³-hybridized carbons (Fsp3) is 0.233. The third-order valence-electron chi connectivity index (χ3n) is 7.49. The van der Waals surface area contributed by atoms with Crippen LogP contribution in [0.25, 0.3) is 0 Å². The minimum absolute atomic E-state index is 0.0694. The van der Waals surface area contributed by atoms with Gasteiger partial charge in [0.2, 0.25) is 5.54 Å². The molecule has 2 heterocycles. The molecule has 0 unspecified atom stereocenters. The van der Waals surface area contributed by atoms with Crippen LogP contribution >= 0.6 is 0 Å². The normalized spacial score (nSPS) is 20.6. The maximum Gasteiger partial charge on any atom is 0.353 e. The molecule has 0 bridgehead atoms. The maximum absolute atomic E-state index is 14.9. The number of methoxy groups -OCH3 is 2. The van der Waals surface area contributed by atoms with Gasteiger partial charge in [-0.25, -0.2) is 9.59 Å². The van der Waals surface area contributed by atoms with Gasteiger partial charge in [0.25, 0.3) is 11.6 Å². The predicted molar refractivity (Wildman–Crippen MR) is 148 cm³/mol. The SMILES string of the molecule is C=CCN1C(=O)[C@]2(c3ccccc31)N(c1ccc(C)cc1)[C@@H](c1ccc([N+](=O)[O-])cc1)OC2(C(=O)OC)C(=O)OC. The first-order valence-corrected chi connectivity index (χ1v) is 12.7. The molecule has 0 N–H and O–H groups in total. The maximum atomic E-state index is 14.9. The largest absolute Gasteiger partial charge is 0.466 e. The molecular formula is C30H27N3O8. The Hall–Kier alpha value is -5.03. The van der Waals surface area contributed by atoms with Crippen molar-refractivity contribution in [3.8, 4) is 0 Å². The molecule has 2 atom stereocenters. The summed E-state index contributed by atoms with van der Waals surface area (Å²) in [7, 11) is 2.18. The van der Waals surface area contributed by atoms with Gasteiger partial charge in [-0.2, -0.15) is 0 Å². The topological polar surface area (TPSA) is 129 Å². The molecule has 1 saturated heterocycles. The number of hydrogen-bond donors (Lipinski definition) is 0. The van der Waals surface area contributed by atoms with Gasteiger partial charge in [0.1, 0.15) is 0 Å². The Morgan fingerprint density at radius 2 is 1.63 bits per heavy atom. The van der Waals surface area contributed by atoms with Gasteiger partial charge < -0.3 is 24.0 Å². The molecule has 5 rings (SSSR count). The molecule has 3 aromatic rings. The van der Waals surface area contributed by atoms with E-state index in [9.17, 15) is 24.5 Å². The lowest BCUT2D eigenvalue weighted by Crippen LogP contribution is -2.68. The quantitative estimate of drug-likeness (QED) is 0.139. The number of aryl methyl sites for hydroxylation is 1. The van der Waals surface area contributed by atoms with E-state index in [-0.39, 0.29) is 12.2 Å². The monoisotopic (exact) mass is 557 g/mol. The van der Waals surface area contributed by atoms with Crippen LogP contribution in [0, 0.1) is 17.0 Å². The molecule has 0 aromatic heterocycles. The number of ether oxygens (including phenoxy) is 3. The van der Waals surface area contributed by atoms with Crippen molar-refractivity contribution in [3.63, 3.8) is 0 Å². The first-order chi connectivity index (χ1) is 19.7. The van der Waals surface area contributed by atoms with Gasteiger partial charge in [-0.05, 0) is 37.3 Å². The number of anilines is 2. The lowest BCUT2D eigenvalue weighted by molar-refractivity contribution is -0.384. The molecule has 1 fully saturated rings. The molecule has 2 aliphatic rings. The second kappa shape index (κ2) is 10.2. The molecule has 3 aromatic carbocycles. The number of carbonyl (C=O) groups is 3. The molecule has 0 radical (unpaired) electrons. The summed E-state index contributed by atoms with van der Waals surface area (Å²) in [6, 6.07) is 19.4. The molecular weight excluding hydrogens is 530 g/mol. The van der Waals surface area contributed by atoms with Gasteiger partial charge >= 0.3 is 17.5 Å². The van der Waals surface area contributed by atoms with Gasteiger partial charge in [-0.3, -0.25) is 14.9 Å². The number of fused-ring (bicyclic) bond motifs is 2. The van der Waals surface area contributed by atoms with E-state index < -0.39 is 40.1 Å². The standard InChI is InChI=1S/C30H27N3O8/c1-5-18-31-24-9-7-6-8-23(24)29(26(31)34)30(27(35)39-3,28(36)40-4)41-25(20-12-16-22(17-13-20)33(37)38)32(29)21-14-10-19(2)11-15-21/h5-17,25H,1,18H2,2-4H3/t25-,29+/m1/s1. The Morgan fingerprint density at radius 3 is 2.20 bits per heavy atom. The Balaban J connectivity index is 1.92. The Morgan fingerprint density at radius 1 is 1.02 bits per heavy atom. The first kappa shape index (κ1) is 27.5. The summed E-state index contributed by atoms with van der Waals surface area (Å²) >= 11 is 0. The van der Waals surface area contributed by atoms with Crippen molar-refractivity contribution >= 4 is 34.9 Å². The van der Waals surface area contributed by atoms with Crippen LogP contribution in [0.1, 0.15) is 22.9 Å². The van der Waals surface area contributed by atoms with E-state index in [0.717, 1.165) is 19.8 Å². The van der Waals surface area contributed by atoms with Crippen molar-refractivity contribution in [2.24, 2.45) is 0 Å². The van der Waals surface area contributed by atoms with E-state index in [0.29, 0.717) is 22.5 Å². The van der Waals surface area contributed by atoms with Gasteiger partial charge in [0, 0.05) is 35.5 Å². The highest BCUT2D eigenvalue weighted by molar-refractivity contribution is 6.21. The highest BCUT2D eigenvalue weighted by Gasteiger charge is 2.81. The molecule has 1 amide bonds. The summed E-state index contributed by atoms with van der Waals surface area (Å²) in [5.41, 5.74) is -2.49. The number of esters is 2. The van der Waals surface area contributed by atoms with Crippen molar-refractivity contribution in [3.05, 3.63) is 112 Å². The van der Waals surface area contributed by atoms with E-state index in [1.54, 1.807) is 41.3 Å². The third kappa shape index (κ3) is 3.73. The number of carbonyl (C=O) groups excluding carboxylic acids is 3. The Labute approximate surface area is 235 Å². The van der Waals surface area contributed by atoms with Crippen LogP contribution in [-0.2, 0) is 34.1 Å². The van der Waals surface area contributed by atoms with Gasteiger partial charge in [-0.1, -0.05) is 42.0 Å². The van der Waals surface area contributed by atoms with E-state index in [1.807, 2.05) is 19.1 Å². The molecule has 11 heteroatoms. The highest BCUT2D eigenvalue weighted by atomic mass is 16.6. The number of para-hydroxylation sites is 1. The van der Waals surface area contributed by atoms with Crippen LogP contribution in [0.2, 0.25) is 0 Å². The number of hydrogen-bond acceptors (Lipinski definition) is 9. The Bertz CT molecular complexity index is 1540. The fourth-order valence-corrected chi connectivity index (χ4v) is 5.74. The zero-order valence-electron chi connectivity index (χ0n) is 22.6. The molecule has 0 saturated carbocycles. The van der Waals surface area contributed by atoms with Crippen LogP contribution in [0.4, 0.5) is 17.1 Å². The van der Waals surface area contributed by atoms with Crippen molar-refractivity contribution in [2.45, 2.75) is 24.3 Å². The number of nitro groups is 1. The number of benzene rings is 3. The molecule has 0 aliphatic carbocycles. The lowest BCUT2D eigenvalue weighted by Gasteiger charge is -2.41. The summed E-state index contributed by atoms with van der Waals surface area (Å²) in [6.45, 7) is 5.74. The lowest BCUT2D eigenvalue weighted by atomic mass is 9.73. The molecule has 210 valence electrons. The van der Waals surface area contributed by atoms with E-state index in [4.69, 9.17) is 14.2 Å². The smallest absolute Gasteiger partial charge is 0.353 e. The number of rotatable bonds is 7. The van der Waals surface area contributed by atoms with Gasteiger partial charge in [0.05, 0.1) is 24.8 Å². The number of non-ortho nitro benzene ring substituents is 1. The van der Waals surface area contributed by atoms with Crippen LogP contribution in [-0.4, -0.2) is 49.1 Å². The second-order valence-electron chi connectivity index (χ2n) is 9.62. The number of amides is 1. The zero-order valence-corrected chi connectivity index (χ0v) is 22.6. The van der Waals surface area contributed by atoms with Crippen LogP contribution in [0.5, 0.6) is 0 Å². The zero-order chi connectivity index (χ0) is 29.5. The van der Waals surface area contributed by atoms with Crippen LogP contribution < -0.4 is 9.80 Å². The molecule has 11 nitrogen and oxygen atoms in total. The van der Waals surface area contributed by atoms with E-state index >= 15 is 0 Å². The molecule has 41 heavy (non-hydrogen) atoms. The van der Waals surface area contributed by atoms with E-state index in [2.05, 4.69) is 6.58 Å². The first-order valence-electron chi connectivity index (χ1n) is 12.7. The summed E-state index contributed by atoms with van der Waals surface area (Å²) < 4.78 is 16.8. The van der Waals surface area contributed by atoms with Gasteiger partial charge in [0.15, 0.2) is 6.23 Å². The number of nitrogens with zero attached hydrogens (tertiary/aromatic N) is 3. The van der Waals surface area contributed by atoms with Crippen molar-refractivity contribution in [1.82, 2.24) is 0 Å². The average molecular weight is 558 g/mol. The van der Waals surface area contributed by atoms with Crippen molar-refractivity contribution < 1.29 is 33.5 Å². The minimum Gasteiger partial charge on any atom is -0.466 e. The fourth-order valence-electron chi connectivity index (χ4n) is 5.74. The summed E-state index contributed by atoms with van der Waals surface area (Å²) in [5.74, 6) is -2.93. The summed E-state index contributed by atoms with van der Waals surface area (Å²) in [4.78, 5) is 56.5. The molecule has 1 spiro atoms. The van der Waals surface area contributed by atoms with Crippen LogP contribution in [0.15, 0.2) is 85.5 Å². The van der Waals surface area contributed by atoms with Crippen molar-refractivity contribution in [2.75, 3.05) is 30.6 Å². The van der Waals surface area contributed by atoms with E-state index in [1.165, 1.54) is 35.2 Å². The second-order valence-corrected chi connectivity index (χ2v) is 9.62. The molecule has 2 aliphatic heterocycles. The summed E-state index contributed by atoms with van der Waals surface area (Å²) in [6.07, 6.45) is 0.267. The number of nitro benzene ring substituents is 1. The third-order valence-corrected chi connectivity index (χ3v) is 7.49. The van der Waals surface area contributed by atoms with Crippen molar-refractivity contribution in [1.29, 1.82) is 0 Å². The predicted octanol–water partition coefficient (Wildman–Crippen LogP) is 3.95. The Kier molecular flexibility index (Phi) is 6.83. The average Bonchev–Trinajstić information content (AvgIpc) is 3.44. The summed E-state index contributed by atoms with van der Waals surface area (Å²) in [5, 5.41) is 11.4.